The van der Waals surface area contributed by atoms with E-state index in [-0.39, 0.29) is 29.6 Å². The van der Waals surface area contributed by atoms with Crippen molar-refractivity contribution >= 4 is 17.6 Å². The average molecular weight is 381 g/mol. The first-order valence-corrected chi connectivity index (χ1v) is 9.48. The Bertz CT molecular complexity index is 943. The molecular weight excluding hydrogens is 358 g/mol. The Morgan fingerprint density at radius 3 is 2.68 bits per heavy atom. The van der Waals surface area contributed by atoms with E-state index in [0.29, 0.717) is 42.8 Å². The first-order valence-electron chi connectivity index (χ1n) is 9.48. The summed E-state index contributed by atoms with van der Waals surface area (Å²) in [4.78, 5) is 38.1. The molecule has 1 aliphatic heterocycles. The molecule has 1 aliphatic carbocycles. The van der Waals surface area contributed by atoms with Crippen LogP contribution >= 0.6 is 0 Å². The lowest BCUT2D eigenvalue weighted by atomic mass is 9.75. The Labute approximate surface area is 163 Å². The number of hydrogen-bond acceptors (Lipinski definition) is 5. The number of ketones is 1. The van der Waals surface area contributed by atoms with Gasteiger partial charge in [0, 0.05) is 31.5 Å². The molecule has 2 aromatic rings. The van der Waals surface area contributed by atoms with Crippen molar-refractivity contribution in [3.63, 3.8) is 0 Å². The standard InChI is InChI=1S/C21H23N3O4/c1-21(2)10-15-19(16(25)11-21)17(28-23-15)9-13-3-5-14(6-4-13)20(27)24-8-7-22-18(26)12-24/h3-6H,7-12H2,1-2H3,(H,22,26). The van der Waals surface area contributed by atoms with Crippen LogP contribution in [0.2, 0.25) is 0 Å². The topological polar surface area (TPSA) is 92.5 Å². The largest absolute Gasteiger partial charge is 0.360 e. The zero-order chi connectivity index (χ0) is 19.9. The number of rotatable bonds is 3. The smallest absolute Gasteiger partial charge is 0.254 e. The summed E-state index contributed by atoms with van der Waals surface area (Å²) in [6, 6.07) is 7.20. The lowest BCUT2D eigenvalue weighted by molar-refractivity contribution is -0.123. The van der Waals surface area contributed by atoms with Crippen molar-refractivity contribution in [3.8, 4) is 0 Å². The maximum atomic E-state index is 12.5. The predicted octanol–water partition coefficient (Wildman–Crippen LogP) is 1.99. The number of fused-ring (bicyclic) bond motifs is 1. The van der Waals surface area contributed by atoms with Crippen molar-refractivity contribution in [1.82, 2.24) is 15.4 Å². The van der Waals surface area contributed by atoms with E-state index in [1.54, 1.807) is 17.0 Å². The van der Waals surface area contributed by atoms with Gasteiger partial charge >= 0.3 is 0 Å². The van der Waals surface area contributed by atoms with Crippen LogP contribution in [0.5, 0.6) is 0 Å². The summed E-state index contributed by atoms with van der Waals surface area (Å²) >= 11 is 0. The fourth-order valence-corrected chi connectivity index (χ4v) is 3.90. The monoisotopic (exact) mass is 381 g/mol. The fourth-order valence-electron chi connectivity index (χ4n) is 3.90. The fraction of sp³-hybridized carbons (Fsp3) is 0.429. The van der Waals surface area contributed by atoms with Gasteiger partial charge in [0.2, 0.25) is 5.91 Å². The minimum absolute atomic E-state index is 0.0812. The van der Waals surface area contributed by atoms with E-state index in [2.05, 4.69) is 24.3 Å². The number of amides is 2. The molecule has 2 aliphatic rings. The third-order valence-electron chi connectivity index (χ3n) is 5.29. The Morgan fingerprint density at radius 2 is 1.96 bits per heavy atom. The van der Waals surface area contributed by atoms with Gasteiger partial charge in [-0.1, -0.05) is 31.1 Å². The van der Waals surface area contributed by atoms with Crippen molar-refractivity contribution in [2.45, 2.75) is 33.1 Å². The quantitative estimate of drug-likeness (QED) is 0.878. The van der Waals surface area contributed by atoms with Crippen LogP contribution in [0.1, 0.15) is 58.0 Å². The molecule has 1 saturated heterocycles. The summed E-state index contributed by atoms with van der Waals surface area (Å²) in [5.74, 6) is 0.370. The second-order valence-corrected chi connectivity index (χ2v) is 8.32. The van der Waals surface area contributed by atoms with Crippen LogP contribution in [0.15, 0.2) is 28.8 Å². The van der Waals surface area contributed by atoms with Gasteiger partial charge in [0.05, 0.1) is 17.8 Å². The van der Waals surface area contributed by atoms with Gasteiger partial charge in [-0.05, 0) is 29.5 Å². The number of nitrogens with zero attached hydrogens (tertiary/aromatic N) is 2. The Balaban J connectivity index is 1.49. The van der Waals surface area contributed by atoms with Crippen LogP contribution in [0.25, 0.3) is 0 Å². The molecule has 0 bridgehead atoms. The average Bonchev–Trinajstić information content (AvgIpc) is 3.03. The molecule has 1 N–H and O–H groups in total. The number of hydrogen-bond donors (Lipinski definition) is 1. The number of Topliss-reactive ketones (excluding diaryl/α,β-unsaturated/α-hetero) is 1. The molecule has 1 fully saturated rings. The van der Waals surface area contributed by atoms with Gasteiger partial charge in [0.25, 0.3) is 5.91 Å². The molecule has 0 atom stereocenters. The highest BCUT2D eigenvalue weighted by atomic mass is 16.5. The Morgan fingerprint density at radius 1 is 1.21 bits per heavy atom. The molecule has 4 rings (SSSR count). The van der Waals surface area contributed by atoms with Crippen molar-refractivity contribution in [1.29, 1.82) is 0 Å². The van der Waals surface area contributed by atoms with E-state index in [1.807, 2.05) is 12.1 Å². The van der Waals surface area contributed by atoms with Crippen molar-refractivity contribution < 1.29 is 18.9 Å². The molecule has 0 radical (unpaired) electrons. The number of carbonyl (C=O) groups is 3. The zero-order valence-electron chi connectivity index (χ0n) is 16.1. The highest BCUT2D eigenvalue weighted by molar-refractivity contribution is 5.99. The summed E-state index contributed by atoms with van der Waals surface area (Å²) in [5.41, 5.74) is 2.75. The van der Waals surface area contributed by atoms with Crippen LogP contribution < -0.4 is 5.32 Å². The normalized spacial score (nSPS) is 18.6. The van der Waals surface area contributed by atoms with E-state index in [1.165, 1.54) is 0 Å². The molecule has 0 saturated carbocycles. The number of benzene rings is 1. The maximum absolute atomic E-state index is 12.5. The number of nitrogens with one attached hydrogen (secondary N) is 1. The number of carbonyl (C=O) groups excluding carboxylic acids is 3. The summed E-state index contributed by atoms with van der Waals surface area (Å²) in [6.45, 7) is 5.19. The predicted molar refractivity (Wildman–Crippen MR) is 101 cm³/mol. The second kappa shape index (κ2) is 6.89. The van der Waals surface area contributed by atoms with Crippen LogP contribution in [-0.2, 0) is 17.6 Å². The molecule has 1 aromatic heterocycles. The van der Waals surface area contributed by atoms with Crippen LogP contribution in [0.4, 0.5) is 0 Å². The van der Waals surface area contributed by atoms with Crippen LogP contribution in [-0.4, -0.2) is 47.3 Å². The van der Waals surface area contributed by atoms with E-state index in [0.717, 1.165) is 17.7 Å². The lowest BCUT2D eigenvalue weighted by Crippen LogP contribution is -2.49. The maximum Gasteiger partial charge on any atom is 0.254 e. The van der Waals surface area contributed by atoms with E-state index < -0.39 is 0 Å². The van der Waals surface area contributed by atoms with Crippen molar-refractivity contribution in [2.24, 2.45) is 5.41 Å². The SMILES string of the molecule is CC1(C)CC(=O)c2c(noc2Cc2ccc(C(=O)N3CCNC(=O)C3)cc2)C1. The minimum atomic E-state index is -0.157. The van der Waals surface area contributed by atoms with Gasteiger partial charge in [0.1, 0.15) is 0 Å². The molecule has 0 spiro atoms. The molecule has 0 unspecified atom stereocenters. The summed E-state index contributed by atoms with van der Waals surface area (Å²) < 4.78 is 5.48. The first-order chi connectivity index (χ1) is 13.3. The third-order valence-corrected chi connectivity index (χ3v) is 5.29. The molecule has 7 heteroatoms. The van der Waals surface area contributed by atoms with E-state index in [4.69, 9.17) is 4.52 Å². The van der Waals surface area contributed by atoms with Gasteiger partial charge in [-0.3, -0.25) is 14.4 Å². The highest BCUT2D eigenvalue weighted by Gasteiger charge is 2.36. The van der Waals surface area contributed by atoms with Gasteiger partial charge in [-0.25, -0.2) is 0 Å². The third kappa shape index (κ3) is 3.56. The highest BCUT2D eigenvalue weighted by Crippen LogP contribution is 2.36. The molecule has 28 heavy (non-hydrogen) atoms. The molecule has 146 valence electrons. The minimum Gasteiger partial charge on any atom is -0.360 e. The summed E-state index contributed by atoms with van der Waals surface area (Å²) in [6.07, 6.45) is 1.68. The number of piperazine rings is 1. The van der Waals surface area contributed by atoms with Gasteiger partial charge in [-0.15, -0.1) is 0 Å². The summed E-state index contributed by atoms with van der Waals surface area (Å²) in [7, 11) is 0. The number of aromatic nitrogens is 1. The lowest BCUT2D eigenvalue weighted by Gasteiger charge is -2.27. The van der Waals surface area contributed by atoms with Gasteiger partial charge in [0.15, 0.2) is 11.5 Å². The van der Waals surface area contributed by atoms with Crippen molar-refractivity contribution in [3.05, 3.63) is 52.4 Å². The van der Waals surface area contributed by atoms with Crippen LogP contribution in [0.3, 0.4) is 0 Å². The first kappa shape index (κ1) is 18.4. The molecule has 7 nitrogen and oxygen atoms in total. The second-order valence-electron chi connectivity index (χ2n) is 8.32. The van der Waals surface area contributed by atoms with E-state index >= 15 is 0 Å². The van der Waals surface area contributed by atoms with Gasteiger partial charge < -0.3 is 14.7 Å². The Kier molecular flexibility index (Phi) is 4.53. The molecule has 2 heterocycles. The zero-order valence-corrected chi connectivity index (χ0v) is 16.1. The van der Waals surface area contributed by atoms with E-state index in [9.17, 15) is 14.4 Å². The Hall–Kier alpha value is -2.96. The molecule has 2 amide bonds. The molecule has 1 aromatic carbocycles. The molecular formula is C21H23N3O4. The van der Waals surface area contributed by atoms with Crippen molar-refractivity contribution in [2.75, 3.05) is 19.6 Å². The van der Waals surface area contributed by atoms with Gasteiger partial charge in [-0.2, -0.15) is 0 Å². The van der Waals surface area contributed by atoms with Crippen LogP contribution in [0, 0.1) is 5.41 Å². The summed E-state index contributed by atoms with van der Waals surface area (Å²) in [5, 5.41) is 6.83.